The van der Waals surface area contributed by atoms with Crippen molar-refractivity contribution >= 4 is 32.3 Å². The lowest BCUT2D eigenvalue weighted by molar-refractivity contribution is 0.838. The maximum Gasteiger partial charge on any atom is 0.146 e. The molecule has 1 nitrogen and oxygen atoms in total. The molecule has 0 fully saturated rings. The van der Waals surface area contributed by atoms with Gasteiger partial charge in [-0.2, -0.15) is 0 Å². The minimum Gasteiger partial charge on any atom is -0.228 e. The van der Waals surface area contributed by atoms with Gasteiger partial charge in [0.2, 0.25) is 0 Å². The Kier molecular flexibility index (Phi) is 18.7. The van der Waals surface area contributed by atoms with Gasteiger partial charge in [-0.3, -0.25) is 0 Å². The highest BCUT2D eigenvalue weighted by atomic mass is 28.3. The topological polar surface area (TPSA) is 12.9 Å². The predicted molar refractivity (Wildman–Crippen MR) is 256 cm³/mol. The molecule has 0 unspecified atom stereocenters. The smallest absolute Gasteiger partial charge is 0.146 e. The third kappa shape index (κ3) is 10.0. The highest BCUT2D eigenvalue weighted by Gasteiger charge is 2.45. The zero-order chi connectivity index (χ0) is 42.3. The van der Waals surface area contributed by atoms with E-state index in [0.717, 1.165) is 22.5 Å². The van der Waals surface area contributed by atoms with Gasteiger partial charge >= 0.3 is 0 Å². The van der Waals surface area contributed by atoms with E-state index in [1.54, 1.807) is 0 Å². The van der Waals surface area contributed by atoms with E-state index in [0.29, 0.717) is 66.5 Å². The number of nitrogens with zero attached hydrogens (tertiary/aromatic N) is 1. The van der Waals surface area contributed by atoms with Gasteiger partial charge in [-0.25, -0.2) is 4.98 Å². The van der Waals surface area contributed by atoms with E-state index < -0.39 is 32.3 Å². The van der Waals surface area contributed by atoms with Crippen LogP contribution in [0.2, 0.25) is 66.5 Å². The van der Waals surface area contributed by atoms with Crippen LogP contribution in [0.1, 0.15) is 189 Å². The molecular formula is C49H85NSi4. The summed E-state index contributed by atoms with van der Waals surface area (Å²) in [5.74, 6) is 15.3. The van der Waals surface area contributed by atoms with Crippen molar-refractivity contribution in [3.05, 3.63) is 28.6 Å². The molecule has 5 heteroatoms. The zero-order valence-corrected chi connectivity index (χ0v) is 44.0. The summed E-state index contributed by atoms with van der Waals surface area (Å²) in [7, 11) is -8.14. The molecule has 0 saturated heterocycles. The summed E-state index contributed by atoms with van der Waals surface area (Å²) in [6, 6.07) is 2.27. The summed E-state index contributed by atoms with van der Waals surface area (Å²) >= 11 is 0. The summed E-state index contributed by atoms with van der Waals surface area (Å²) in [6.07, 6.45) is 0. The second kappa shape index (κ2) is 20.1. The van der Waals surface area contributed by atoms with Crippen LogP contribution in [0.3, 0.4) is 0 Å². The second-order valence-electron chi connectivity index (χ2n) is 20.4. The Bertz CT molecular complexity index is 1310. The summed E-state index contributed by atoms with van der Waals surface area (Å²) in [5, 5.41) is 0. The fourth-order valence-corrected chi connectivity index (χ4v) is 32.1. The molecule has 1 heterocycles. The molecule has 302 valence electrons. The van der Waals surface area contributed by atoms with Gasteiger partial charge in [0.05, 0.1) is 11.1 Å². The van der Waals surface area contributed by atoms with Crippen molar-refractivity contribution < 1.29 is 0 Å². The Labute approximate surface area is 342 Å². The molecule has 1 aromatic heterocycles. The van der Waals surface area contributed by atoms with Crippen LogP contribution < -0.4 is 0 Å². The van der Waals surface area contributed by atoms with Crippen molar-refractivity contribution in [2.75, 3.05) is 0 Å². The Balaban J connectivity index is 4.85. The van der Waals surface area contributed by atoms with Gasteiger partial charge in [-0.15, -0.1) is 22.2 Å². The molecule has 0 bridgehead atoms. The average molecular weight is 801 g/mol. The van der Waals surface area contributed by atoms with Crippen LogP contribution in [0.15, 0.2) is 6.07 Å². The van der Waals surface area contributed by atoms with Crippen LogP contribution >= 0.6 is 0 Å². The third-order valence-electron chi connectivity index (χ3n) is 14.1. The van der Waals surface area contributed by atoms with Crippen LogP contribution in [0.25, 0.3) is 0 Å². The lowest BCUT2D eigenvalue weighted by atomic mass is 10.1. The molecular weight excluding hydrogens is 715 g/mol. The number of aromatic nitrogens is 1. The van der Waals surface area contributed by atoms with Crippen molar-refractivity contribution in [1.29, 1.82) is 0 Å². The standard InChI is InChI=1S/C49H85NSi4/c1-34(2)51(35(3)4,36(5)6)29-25-46-33-47(26-30-52(37(7)8,38(9)10)39(11)12)49(28-32-54(43(19)20,44(21)22)45(23)24)50-48(46)27-31-53(40(13)14,41(15)16)42(17)18/h33-45H,1-24H3. The fourth-order valence-electron chi connectivity index (χ4n) is 11.3. The first-order chi connectivity index (χ1) is 24.7. The van der Waals surface area contributed by atoms with Gasteiger partial charge in [-0.1, -0.05) is 190 Å². The lowest BCUT2D eigenvalue weighted by Gasteiger charge is -2.38. The van der Waals surface area contributed by atoms with E-state index in [9.17, 15) is 0 Å². The molecule has 0 saturated carbocycles. The highest BCUT2D eigenvalue weighted by Crippen LogP contribution is 2.44. The van der Waals surface area contributed by atoms with Gasteiger partial charge in [0.1, 0.15) is 43.7 Å². The van der Waals surface area contributed by atoms with Crippen molar-refractivity contribution in [1.82, 2.24) is 4.98 Å². The van der Waals surface area contributed by atoms with Crippen molar-refractivity contribution in [2.24, 2.45) is 0 Å². The molecule has 0 aliphatic rings. The lowest BCUT2D eigenvalue weighted by Crippen LogP contribution is -2.43. The van der Waals surface area contributed by atoms with E-state index in [2.05, 4.69) is 218 Å². The quantitative estimate of drug-likeness (QED) is 0.152. The maximum absolute atomic E-state index is 5.53. The Morgan fingerprint density at radius 1 is 0.296 bits per heavy atom. The molecule has 1 aromatic rings. The molecule has 0 amide bonds. The van der Waals surface area contributed by atoms with Gasteiger partial charge in [-0.05, 0) is 72.6 Å². The highest BCUT2D eigenvalue weighted by molar-refractivity contribution is 6.92. The van der Waals surface area contributed by atoms with Gasteiger partial charge in [0.15, 0.2) is 0 Å². The summed E-state index contributed by atoms with van der Waals surface area (Å²) in [4.78, 5) is 5.53. The molecule has 1 rings (SSSR count). The molecule has 54 heavy (non-hydrogen) atoms. The summed E-state index contributed by atoms with van der Waals surface area (Å²) in [6.45, 7) is 57.4. The first-order valence-corrected chi connectivity index (χ1v) is 30.8. The zero-order valence-electron chi connectivity index (χ0n) is 40.0. The molecule has 0 aromatic carbocycles. The normalized spacial score (nSPS) is 13.1. The molecule has 0 aliphatic heterocycles. The number of pyridine rings is 1. The Morgan fingerprint density at radius 3 is 0.630 bits per heavy atom. The summed E-state index contributed by atoms with van der Waals surface area (Å²) < 4.78 is 0. The fraction of sp³-hybridized carbons (Fsp3) is 0.735. The largest absolute Gasteiger partial charge is 0.228 e. The van der Waals surface area contributed by atoms with E-state index in [1.807, 2.05) is 0 Å². The van der Waals surface area contributed by atoms with Crippen LogP contribution in [0, 0.1) is 45.9 Å². The number of rotatable bonds is 12. The minimum absolute atomic E-state index is 0.530. The first kappa shape index (κ1) is 50.3. The Hall–Kier alpha value is -1.74. The van der Waals surface area contributed by atoms with Crippen LogP contribution in [-0.4, -0.2) is 37.3 Å². The van der Waals surface area contributed by atoms with Crippen LogP contribution in [-0.2, 0) is 0 Å². The molecule has 0 radical (unpaired) electrons. The minimum atomic E-state index is -2.04. The summed E-state index contributed by atoms with van der Waals surface area (Å²) in [5.41, 5.74) is 26.1. The number of hydrogen-bond acceptors (Lipinski definition) is 1. The van der Waals surface area contributed by atoms with Crippen molar-refractivity contribution in [3.63, 3.8) is 0 Å². The van der Waals surface area contributed by atoms with Gasteiger partial charge in [0, 0.05) is 0 Å². The monoisotopic (exact) mass is 800 g/mol. The SMILES string of the molecule is CC(C)[Si](C#Cc1cc(C#C[Si](C(C)C)(C(C)C)C(C)C)c(C#C[Si](C(C)C)(C(C)C)C(C)C)nc1C#C[Si](C(C)C)(C(C)C)C(C)C)(C(C)C)C(C)C. The van der Waals surface area contributed by atoms with Crippen molar-refractivity contribution in [3.8, 4) is 45.9 Å². The van der Waals surface area contributed by atoms with Crippen LogP contribution in [0.4, 0.5) is 0 Å². The van der Waals surface area contributed by atoms with E-state index in [4.69, 9.17) is 4.98 Å². The molecule has 0 N–H and O–H groups in total. The van der Waals surface area contributed by atoms with E-state index in [-0.39, 0.29) is 0 Å². The predicted octanol–water partition coefficient (Wildman–Crippen LogP) is 15.4. The van der Waals surface area contributed by atoms with E-state index in [1.165, 1.54) is 0 Å². The molecule has 0 spiro atoms. The third-order valence-corrected chi connectivity index (χ3v) is 39.3. The molecule has 0 atom stereocenters. The second-order valence-corrected chi connectivity index (χ2v) is 42.7. The van der Waals surface area contributed by atoms with Crippen LogP contribution in [0.5, 0.6) is 0 Å². The average Bonchev–Trinajstić information content (AvgIpc) is 3.01. The maximum atomic E-state index is 5.53. The van der Waals surface area contributed by atoms with Crippen molar-refractivity contribution in [2.45, 2.75) is 233 Å². The first-order valence-electron chi connectivity index (χ1n) is 21.8. The van der Waals surface area contributed by atoms with Gasteiger partial charge in [0.25, 0.3) is 0 Å². The Morgan fingerprint density at radius 2 is 0.463 bits per heavy atom. The van der Waals surface area contributed by atoms with Gasteiger partial charge < -0.3 is 0 Å². The molecule has 0 aliphatic carbocycles. The number of hydrogen-bond donors (Lipinski definition) is 0. The van der Waals surface area contributed by atoms with E-state index >= 15 is 0 Å².